The summed E-state index contributed by atoms with van der Waals surface area (Å²) in [7, 11) is 3.31. The molecule has 0 aliphatic carbocycles. The fourth-order valence-electron chi connectivity index (χ4n) is 3.07. The first-order chi connectivity index (χ1) is 11.8. The van der Waals surface area contributed by atoms with Gasteiger partial charge in [0, 0.05) is 16.5 Å². The molecule has 0 saturated carbocycles. The molecule has 7 nitrogen and oxygen atoms in total. The number of thiophene rings is 1. The summed E-state index contributed by atoms with van der Waals surface area (Å²) in [6, 6.07) is 10.2. The lowest BCUT2D eigenvalue weighted by Crippen LogP contribution is -2.28. The van der Waals surface area contributed by atoms with Crippen LogP contribution in [0, 0.1) is 0 Å². The van der Waals surface area contributed by atoms with Gasteiger partial charge in [-0.15, -0.1) is 11.3 Å². The minimum absolute atomic E-state index is 0.00999. The summed E-state index contributed by atoms with van der Waals surface area (Å²) in [6.45, 7) is 0. The van der Waals surface area contributed by atoms with Crippen molar-refractivity contribution in [2.24, 2.45) is 0 Å². The molecular weight excluding hydrogens is 326 g/mol. The van der Waals surface area contributed by atoms with Crippen LogP contribution >= 0.6 is 11.3 Å². The molecule has 0 spiro atoms. The Morgan fingerprint density at radius 3 is 2.92 bits per heavy atom. The average Bonchev–Trinajstić information content (AvgIpc) is 3.31. The van der Waals surface area contributed by atoms with Crippen LogP contribution in [0.1, 0.15) is 28.9 Å². The number of ether oxygens (including phenoxy) is 2. The van der Waals surface area contributed by atoms with Crippen LogP contribution in [0.3, 0.4) is 0 Å². The molecule has 1 aliphatic rings. The van der Waals surface area contributed by atoms with Crippen molar-refractivity contribution >= 4 is 17.3 Å². The number of methoxy groups -OCH3 is 2. The molecule has 0 bridgehead atoms. The van der Waals surface area contributed by atoms with Crippen molar-refractivity contribution < 1.29 is 9.47 Å². The molecule has 124 valence electrons. The van der Waals surface area contributed by atoms with Crippen LogP contribution in [0.5, 0.6) is 11.5 Å². The van der Waals surface area contributed by atoms with Crippen LogP contribution in [0.4, 0.5) is 5.95 Å². The predicted molar refractivity (Wildman–Crippen MR) is 90.8 cm³/mol. The van der Waals surface area contributed by atoms with Crippen molar-refractivity contribution in [3.05, 3.63) is 46.2 Å². The van der Waals surface area contributed by atoms with Crippen LogP contribution in [-0.4, -0.2) is 34.4 Å². The van der Waals surface area contributed by atoms with Gasteiger partial charge >= 0.3 is 0 Å². The van der Waals surface area contributed by atoms with E-state index in [0.717, 1.165) is 23.5 Å². The smallest absolute Gasteiger partial charge is 0.244 e. The zero-order chi connectivity index (χ0) is 16.5. The fraction of sp³-hybridized carbons (Fsp3) is 0.312. The highest BCUT2D eigenvalue weighted by atomic mass is 32.1. The first-order valence-electron chi connectivity index (χ1n) is 7.60. The summed E-state index contributed by atoms with van der Waals surface area (Å²) in [6.07, 6.45) is 0.835. The predicted octanol–water partition coefficient (Wildman–Crippen LogP) is 2.90. The van der Waals surface area contributed by atoms with Gasteiger partial charge in [0.1, 0.15) is 11.5 Å². The van der Waals surface area contributed by atoms with Crippen LogP contribution in [0.2, 0.25) is 0 Å². The van der Waals surface area contributed by atoms with Crippen molar-refractivity contribution in [2.75, 3.05) is 19.5 Å². The van der Waals surface area contributed by atoms with Crippen LogP contribution < -0.4 is 14.8 Å². The molecular formula is C16H17N5O2S. The Kier molecular flexibility index (Phi) is 3.81. The monoisotopic (exact) mass is 343 g/mol. The summed E-state index contributed by atoms with van der Waals surface area (Å²) >= 11 is 1.73. The second-order valence-electron chi connectivity index (χ2n) is 5.52. The van der Waals surface area contributed by atoms with E-state index >= 15 is 0 Å². The van der Waals surface area contributed by atoms with E-state index in [0.29, 0.717) is 5.95 Å². The Morgan fingerprint density at radius 1 is 1.25 bits per heavy atom. The van der Waals surface area contributed by atoms with Crippen LogP contribution in [0.15, 0.2) is 35.7 Å². The van der Waals surface area contributed by atoms with Gasteiger partial charge in [0.15, 0.2) is 0 Å². The lowest BCUT2D eigenvalue weighted by molar-refractivity contribution is 0.370. The molecule has 4 rings (SSSR count). The molecule has 3 heterocycles. The molecule has 0 amide bonds. The third kappa shape index (κ3) is 2.48. The van der Waals surface area contributed by atoms with Gasteiger partial charge in [-0.2, -0.15) is 0 Å². The number of hydrogen-bond donors (Lipinski definition) is 1. The van der Waals surface area contributed by atoms with E-state index in [4.69, 9.17) is 9.47 Å². The molecule has 0 radical (unpaired) electrons. The number of nitrogens with zero attached hydrogens (tertiary/aromatic N) is 4. The van der Waals surface area contributed by atoms with E-state index in [1.165, 1.54) is 4.88 Å². The first kappa shape index (κ1) is 14.9. The molecule has 0 unspecified atom stereocenters. The van der Waals surface area contributed by atoms with E-state index in [1.54, 1.807) is 25.6 Å². The van der Waals surface area contributed by atoms with Crippen molar-refractivity contribution in [1.82, 2.24) is 20.2 Å². The number of nitrogens with one attached hydrogen (secondary N) is 1. The lowest BCUT2D eigenvalue weighted by atomic mass is 9.96. The minimum atomic E-state index is -0.00999. The number of rotatable bonds is 4. The molecule has 3 aromatic rings. The lowest BCUT2D eigenvalue weighted by Gasteiger charge is -2.31. The van der Waals surface area contributed by atoms with Crippen molar-refractivity contribution in [3.63, 3.8) is 0 Å². The van der Waals surface area contributed by atoms with E-state index in [-0.39, 0.29) is 12.1 Å². The van der Waals surface area contributed by atoms with E-state index < -0.39 is 0 Å². The zero-order valence-corrected chi connectivity index (χ0v) is 14.2. The topological polar surface area (TPSA) is 74.1 Å². The average molecular weight is 343 g/mol. The van der Waals surface area contributed by atoms with E-state index in [9.17, 15) is 0 Å². The highest BCUT2D eigenvalue weighted by Crippen LogP contribution is 2.41. The molecule has 0 fully saturated rings. The Labute approximate surface area is 143 Å². The van der Waals surface area contributed by atoms with Gasteiger partial charge in [0.05, 0.1) is 26.3 Å². The third-order valence-electron chi connectivity index (χ3n) is 4.24. The molecule has 2 atom stereocenters. The summed E-state index contributed by atoms with van der Waals surface area (Å²) in [4.78, 5) is 1.27. The SMILES string of the molecule is COc1ccc([C@@H]2C[C@H](c3cccs3)Nc3nnnn32)c(OC)c1. The Bertz CT molecular complexity index is 833. The molecule has 0 saturated heterocycles. The highest BCUT2D eigenvalue weighted by Gasteiger charge is 2.32. The zero-order valence-electron chi connectivity index (χ0n) is 13.3. The fourth-order valence-corrected chi connectivity index (χ4v) is 3.86. The van der Waals surface area contributed by atoms with Crippen LogP contribution in [0.25, 0.3) is 0 Å². The number of anilines is 1. The van der Waals surface area contributed by atoms with Gasteiger partial charge in [0.25, 0.3) is 0 Å². The Balaban J connectivity index is 1.77. The number of benzene rings is 1. The number of fused-ring (bicyclic) bond motifs is 1. The van der Waals surface area contributed by atoms with E-state index in [2.05, 4.69) is 38.4 Å². The standard InChI is InChI=1S/C16H17N5O2S/c1-22-10-5-6-11(14(8-10)23-2)13-9-12(15-4-3-7-24-15)17-16-18-19-20-21(13)16/h3-8,12-13H,9H2,1-2H3,(H,17,18,20)/t12-,13+/m1/s1. The third-order valence-corrected chi connectivity index (χ3v) is 5.22. The maximum atomic E-state index is 5.58. The van der Waals surface area contributed by atoms with Gasteiger partial charge in [0.2, 0.25) is 5.95 Å². The number of aromatic nitrogens is 4. The van der Waals surface area contributed by atoms with E-state index in [1.807, 2.05) is 22.9 Å². The molecule has 1 aromatic carbocycles. The van der Waals surface area contributed by atoms with Crippen molar-refractivity contribution in [2.45, 2.75) is 18.5 Å². The highest BCUT2D eigenvalue weighted by molar-refractivity contribution is 7.10. The van der Waals surface area contributed by atoms with Gasteiger partial charge < -0.3 is 14.8 Å². The normalized spacial score (nSPS) is 19.4. The molecule has 24 heavy (non-hydrogen) atoms. The van der Waals surface area contributed by atoms with Crippen LogP contribution in [-0.2, 0) is 0 Å². The largest absolute Gasteiger partial charge is 0.497 e. The molecule has 1 N–H and O–H groups in total. The second kappa shape index (κ2) is 6.12. The quantitative estimate of drug-likeness (QED) is 0.785. The Hall–Kier alpha value is -2.61. The Morgan fingerprint density at radius 2 is 2.17 bits per heavy atom. The summed E-state index contributed by atoms with van der Waals surface area (Å²) in [5, 5.41) is 17.6. The number of hydrogen-bond acceptors (Lipinski definition) is 7. The van der Waals surface area contributed by atoms with Gasteiger partial charge in [-0.1, -0.05) is 11.2 Å². The van der Waals surface area contributed by atoms with Crippen molar-refractivity contribution in [3.8, 4) is 11.5 Å². The summed E-state index contributed by atoms with van der Waals surface area (Å²) < 4.78 is 12.7. The maximum absolute atomic E-state index is 5.58. The first-order valence-corrected chi connectivity index (χ1v) is 8.48. The molecule has 2 aromatic heterocycles. The van der Waals surface area contributed by atoms with Crippen molar-refractivity contribution in [1.29, 1.82) is 0 Å². The van der Waals surface area contributed by atoms with Gasteiger partial charge in [-0.05, 0) is 40.4 Å². The summed E-state index contributed by atoms with van der Waals surface area (Å²) in [5.41, 5.74) is 1.04. The molecule has 8 heteroatoms. The molecule has 1 aliphatic heterocycles. The second-order valence-corrected chi connectivity index (χ2v) is 6.50. The minimum Gasteiger partial charge on any atom is -0.497 e. The van der Waals surface area contributed by atoms with Gasteiger partial charge in [-0.3, -0.25) is 0 Å². The number of tetrazole rings is 1. The summed E-state index contributed by atoms with van der Waals surface area (Å²) in [5.74, 6) is 2.20. The van der Waals surface area contributed by atoms with Gasteiger partial charge in [-0.25, -0.2) is 4.68 Å². The maximum Gasteiger partial charge on any atom is 0.244 e.